The number of hydrogen-bond donors (Lipinski definition) is 4. The fraction of sp³-hybridized carbons (Fsp3) is 1.00. The van der Waals surface area contributed by atoms with Crippen molar-refractivity contribution in [3.63, 3.8) is 0 Å². The Bertz CT molecular complexity index is 504. The quantitative estimate of drug-likeness (QED) is 0.472. The van der Waals surface area contributed by atoms with Crippen molar-refractivity contribution in [2.24, 2.45) is 0 Å². The minimum absolute atomic E-state index is 0.145. The number of nitrogens with zero attached hydrogens (tertiary/aromatic N) is 3. The Morgan fingerprint density at radius 2 is 1.40 bits per heavy atom. The van der Waals surface area contributed by atoms with Gasteiger partial charge in [-0.2, -0.15) is 0 Å². The number of rotatable bonds is 4. The zero-order valence-electron chi connectivity index (χ0n) is 14.8. The van der Waals surface area contributed by atoms with Crippen LogP contribution in [0.1, 0.15) is 12.8 Å². The molecule has 3 atom stereocenters. The Hall–Kier alpha value is 0.180. The van der Waals surface area contributed by atoms with E-state index in [1.165, 1.54) is 0 Å². The zero-order chi connectivity index (χ0) is 18.3. The van der Waals surface area contributed by atoms with E-state index in [0.717, 1.165) is 65.2 Å². The van der Waals surface area contributed by atoms with Gasteiger partial charge in [0.05, 0.1) is 6.29 Å². The molecular weight excluding hydrogens is 366 g/mol. The average molecular weight is 398 g/mol. The maximum Gasteiger partial charge on any atom is 0.335 e. The largest absolute Gasteiger partial charge is 0.343 e. The fourth-order valence-electron chi connectivity index (χ4n) is 3.44. The highest BCUT2D eigenvalue weighted by Gasteiger charge is 2.31. The molecule has 25 heavy (non-hydrogen) atoms. The minimum atomic E-state index is -4.49. The van der Waals surface area contributed by atoms with Crippen molar-refractivity contribution < 1.29 is 23.8 Å². The van der Waals surface area contributed by atoms with Gasteiger partial charge in [0.2, 0.25) is 7.37 Å². The molecular formula is C14H32N4O5P2. The molecule has 2 saturated heterocycles. The van der Waals surface area contributed by atoms with Crippen LogP contribution in [0.3, 0.4) is 0 Å². The molecule has 4 N–H and O–H groups in total. The van der Waals surface area contributed by atoms with Crippen molar-refractivity contribution >= 4 is 15.0 Å². The molecule has 0 aromatic carbocycles. The van der Waals surface area contributed by atoms with Crippen LogP contribution in [0.5, 0.6) is 0 Å². The molecule has 2 heterocycles. The Kier molecular flexibility index (Phi) is 8.53. The molecule has 2 aliphatic rings. The second-order valence-electron chi connectivity index (χ2n) is 7.05. The average Bonchev–Trinajstić information content (AvgIpc) is 2.49. The Morgan fingerprint density at radius 1 is 0.760 bits per heavy atom. The van der Waals surface area contributed by atoms with E-state index in [1.54, 1.807) is 0 Å². The van der Waals surface area contributed by atoms with E-state index in [4.69, 9.17) is 9.79 Å². The first-order valence-electron chi connectivity index (χ1n) is 8.97. The Labute approximate surface area is 150 Å². The van der Waals surface area contributed by atoms with Gasteiger partial charge in [-0.3, -0.25) is 14.0 Å². The van der Waals surface area contributed by atoms with E-state index < -0.39 is 20.9 Å². The molecule has 148 valence electrons. The number of nitrogens with one attached hydrogen (secondary N) is 1. The SMILES string of the molecule is O=P(O)(O)CP(=O)(O)CN1CCCN2CCNCCCN(CC2)CC1. The molecule has 0 aromatic rings. The van der Waals surface area contributed by atoms with Crippen LogP contribution >= 0.6 is 15.0 Å². The molecule has 0 amide bonds. The first kappa shape index (κ1) is 21.5. The molecule has 9 nitrogen and oxygen atoms in total. The molecule has 11 heteroatoms. The number of fused-ring (bicyclic) bond motifs is 3. The third-order valence-corrected chi connectivity index (χ3v) is 8.76. The van der Waals surface area contributed by atoms with Gasteiger partial charge in [0.15, 0.2) is 0 Å². The summed E-state index contributed by atoms with van der Waals surface area (Å²) in [5, 5.41) is 3.46. The van der Waals surface area contributed by atoms with Gasteiger partial charge in [0.25, 0.3) is 0 Å². The van der Waals surface area contributed by atoms with Crippen LogP contribution in [-0.4, -0.2) is 107 Å². The van der Waals surface area contributed by atoms with E-state index in [1.807, 2.05) is 4.90 Å². The molecule has 0 saturated carbocycles. The predicted molar refractivity (Wildman–Crippen MR) is 98.2 cm³/mol. The van der Waals surface area contributed by atoms with Gasteiger partial charge in [0, 0.05) is 39.3 Å². The summed E-state index contributed by atoms with van der Waals surface area (Å²) in [6, 6.07) is 0. The van der Waals surface area contributed by atoms with E-state index >= 15 is 0 Å². The van der Waals surface area contributed by atoms with Crippen LogP contribution in [0.4, 0.5) is 0 Å². The van der Waals surface area contributed by atoms with E-state index in [-0.39, 0.29) is 6.29 Å². The maximum absolute atomic E-state index is 12.2. The van der Waals surface area contributed by atoms with Gasteiger partial charge in [-0.25, -0.2) is 0 Å². The van der Waals surface area contributed by atoms with Crippen LogP contribution < -0.4 is 5.32 Å². The third-order valence-electron chi connectivity index (χ3n) is 4.67. The lowest BCUT2D eigenvalue weighted by molar-refractivity contribution is 0.150. The standard InChI is InChI=1S/C14H32N4O5P2/c19-24(20,14-25(21,22)23)13-18-7-2-6-16-8-4-15-3-1-5-17(10-9-16)11-12-18/h15H,1-14H2,(H,19,20)(H2,21,22,23). The molecule has 3 unspecified atom stereocenters. The van der Waals surface area contributed by atoms with Gasteiger partial charge in [0.1, 0.15) is 5.90 Å². The first-order valence-corrected chi connectivity index (χ1v) is 12.8. The van der Waals surface area contributed by atoms with E-state index in [9.17, 15) is 14.0 Å². The van der Waals surface area contributed by atoms with Crippen LogP contribution in [0.25, 0.3) is 0 Å². The van der Waals surface area contributed by atoms with Crippen molar-refractivity contribution in [2.45, 2.75) is 12.8 Å². The van der Waals surface area contributed by atoms with Crippen LogP contribution in [0.2, 0.25) is 0 Å². The summed E-state index contributed by atoms with van der Waals surface area (Å²) in [6.07, 6.45) is 1.82. The summed E-state index contributed by atoms with van der Waals surface area (Å²) in [6.45, 7) is 9.08. The summed E-state index contributed by atoms with van der Waals surface area (Å²) in [5.41, 5.74) is 0. The van der Waals surface area contributed by atoms with Gasteiger partial charge >= 0.3 is 7.60 Å². The van der Waals surface area contributed by atoms with Crippen molar-refractivity contribution in [1.29, 1.82) is 0 Å². The Morgan fingerprint density at radius 3 is 2.12 bits per heavy atom. The van der Waals surface area contributed by atoms with Crippen molar-refractivity contribution in [3.8, 4) is 0 Å². The lowest BCUT2D eigenvalue weighted by Gasteiger charge is -2.34. The monoisotopic (exact) mass is 398 g/mol. The van der Waals surface area contributed by atoms with Crippen LogP contribution in [0, 0.1) is 0 Å². The molecule has 2 fully saturated rings. The van der Waals surface area contributed by atoms with Crippen LogP contribution in [0.15, 0.2) is 0 Å². The normalized spacial score (nSPS) is 30.5. The highest BCUT2D eigenvalue weighted by Crippen LogP contribution is 2.54. The summed E-state index contributed by atoms with van der Waals surface area (Å²) in [7, 11) is -8.36. The van der Waals surface area contributed by atoms with Crippen molar-refractivity contribution in [1.82, 2.24) is 20.0 Å². The molecule has 2 rings (SSSR count). The minimum Gasteiger partial charge on any atom is -0.343 e. The first-order chi connectivity index (χ1) is 11.7. The van der Waals surface area contributed by atoms with Gasteiger partial charge in [-0.15, -0.1) is 0 Å². The molecule has 0 aliphatic carbocycles. The van der Waals surface area contributed by atoms with E-state index in [0.29, 0.717) is 13.1 Å². The Balaban J connectivity index is 1.98. The smallest absolute Gasteiger partial charge is 0.335 e. The highest BCUT2D eigenvalue weighted by atomic mass is 31.2. The summed E-state index contributed by atoms with van der Waals surface area (Å²) in [5.74, 6) is -0.933. The van der Waals surface area contributed by atoms with Crippen molar-refractivity contribution in [3.05, 3.63) is 0 Å². The molecule has 0 spiro atoms. The van der Waals surface area contributed by atoms with Crippen molar-refractivity contribution in [2.75, 3.05) is 77.6 Å². The third kappa shape index (κ3) is 9.09. The lowest BCUT2D eigenvalue weighted by atomic mass is 10.2. The highest BCUT2D eigenvalue weighted by molar-refractivity contribution is 7.72. The fourth-order valence-corrected chi connectivity index (χ4v) is 7.01. The predicted octanol–water partition coefficient (Wildman–Crippen LogP) is -0.347. The lowest BCUT2D eigenvalue weighted by Crippen LogP contribution is -2.46. The van der Waals surface area contributed by atoms with Gasteiger partial charge in [-0.1, -0.05) is 0 Å². The summed E-state index contributed by atoms with van der Waals surface area (Å²) < 4.78 is 23.3. The second kappa shape index (κ2) is 9.93. The molecule has 2 bridgehead atoms. The number of hydrogen-bond acceptors (Lipinski definition) is 6. The maximum atomic E-state index is 12.2. The van der Waals surface area contributed by atoms with Gasteiger partial charge < -0.3 is 29.8 Å². The topological polar surface area (TPSA) is 117 Å². The second-order valence-corrected chi connectivity index (χ2v) is 11.5. The van der Waals surface area contributed by atoms with Gasteiger partial charge in [-0.05, 0) is 39.0 Å². The van der Waals surface area contributed by atoms with Crippen LogP contribution in [-0.2, 0) is 9.13 Å². The molecule has 2 aliphatic heterocycles. The van der Waals surface area contributed by atoms with E-state index in [2.05, 4.69) is 15.1 Å². The zero-order valence-corrected chi connectivity index (χ0v) is 16.6. The summed E-state index contributed by atoms with van der Waals surface area (Å²) in [4.78, 5) is 34.7. The summed E-state index contributed by atoms with van der Waals surface area (Å²) >= 11 is 0. The molecule has 0 aromatic heterocycles. The molecule has 0 radical (unpaired) electrons.